The average Bonchev–Trinajstić information content (AvgIpc) is 3.00. The Bertz CT molecular complexity index is 1130. The average molecular weight is 416 g/mol. The van der Waals surface area contributed by atoms with E-state index in [9.17, 15) is 19.7 Å². The highest BCUT2D eigenvalue weighted by Gasteiger charge is 2.36. The molecule has 1 aliphatic rings. The van der Waals surface area contributed by atoms with Crippen LogP contribution in [0.25, 0.3) is 0 Å². The van der Waals surface area contributed by atoms with Gasteiger partial charge in [0.05, 0.1) is 16.1 Å². The van der Waals surface area contributed by atoms with Gasteiger partial charge < -0.3 is 5.32 Å². The number of aryl methyl sites for hydroxylation is 1. The highest BCUT2D eigenvalue weighted by atomic mass is 16.6. The van der Waals surface area contributed by atoms with E-state index in [1.807, 2.05) is 31.2 Å². The van der Waals surface area contributed by atoms with E-state index < -0.39 is 11.0 Å². The summed E-state index contributed by atoms with van der Waals surface area (Å²) in [6.07, 6.45) is 1.90. The molecule has 156 valence electrons. The molecule has 4 rings (SSSR count). The highest BCUT2D eigenvalue weighted by Crippen LogP contribution is 2.26. The summed E-state index contributed by atoms with van der Waals surface area (Å²) in [5.41, 5.74) is 2.64. The Labute approximate surface area is 178 Å². The molecule has 2 heterocycles. The molecule has 2 amide bonds. The standard InChI is InChI=1S/C23H20N4O4/c1-15-8-10-16(11-9-15)13-17(25-21-20(27(30)31)7-4-12-24-21)14-26-22(28)18-5-2-3-6-19(18)23(26)29/h2-12,17H,13-14H2,1H3,(H,24,25)/t17-/m0/s1. The van der Waals surface area contributed by atoms with Crippen LogP contribution in [-0.4, -0.2) is 39.2 Å². The Morgan fingerprint density at radius 1 is 1.00 bits per heavy atom. The highest BCUT2D eigenvalue weighted by molar-refractivity contribution is 6.21. The summed E-state index contributed by atoms with van der Waals surface area (Å²) in [5, 5.41) is 14.5. The number of carbonyl (C=O) groups is 2. The first-order valence-electron chi connectivity index (χ1n) is 9.81. The molecule has 0 spiro atoms. The molecule has 0 fully saturated rings. The van der Waals surface area contributed by atoms with Crippen LogP contribution in [0.1, 0.15) is 31.8 Å². The van der Waals surface area contributed by atoms with E-state index in [2.05, 4.69) is 10.3 Å². The number of hydrogen-bond acceptors (Lipinski definition) is 6. The van der Waals surface area contributed by atoms with Gasteiger partial charge in [0.1, 0.15) is 0 Å². The van der Waals surface area contributed by atoms with Crippen molar-refractivity contribution in [3.63, 3.8) is 0 Å². The minimum absolute atomic E-state index is 0.0496. The van der Waals surface area contributed by atoms with Crippen LogP contribution in [0.5, 0.6) is 0 Å². The van der Waals surface area contributed by atoms with Crippen LogP contribution in [0.15, 0.2) is 66.9 Å². The lowest BCUT2D eigenvalue weighted by atomic mass is 10.0. The molecule has 31 heavy (non-hydrogen) atoms. The van der Waals surface area contributed by atoms with E-state index in [0.717, 1.165) is 11.1 Å². The molecule has 0 saturated heterocycles. The van der Waals surface area contributed by atoms with Crippen molar-refractivity contribution in [1.82, 2.24) is 9.88 Å². The number of aromatic nitrogens is 1. The molecule has 0 bridgehead atoms. The number of rotatable bonds is 7. The molecule has 0 radical (unpaired) electrons. The molecule has 8 nitrogen and oxygen atoms in total. The monoisotopic (exact) mass is 416 g/mol. The van der Waals surface area contributed by atoms with Gasteiger partial charge in [-0.3, -0.25) is 24.6 Å². The largest absolute Gasteiger partial charge is 0.359 e. The first kappa shape index (κ1) is 20.2. The molecular weight excluding hydrogens is 396 g/mol. The fourth-order valence-corrected chi connectivity index (χ4v) is 3.64. The van der Waals surface area contributed by atoms with Crippen LogP contribution in [-0.2, 0) is 6.42 Å². The minimum Gasteiger partial charge on any atom is -0.359 e. The Kier molecular flexibility index (Phi) is 5.44. The smallest absolute Gasteiger partial charge is 0.311 e. The van der Waals surface area contributed by atoms with Crippen LogP contribution in [0.4, 0.5) is 11.5 Å². The molecule has 1 atom stereocenters. The second-order valence-corrected chi connectivity index (χ2v) is 7.43. The zero-order chi connectivity index (χ0) is 22.0. The number of nitro groups is 1. The zero-order valence-electron chi connectivity index (χ0n) is 16.8. The van der Waals surface area contributed by atoms with Crippen molar-refractivity contribution >= 4 is 23.3 Å². The van der Waals surface area contributed by atoms with Gasteiger partial charge in [-0.1, -0.05) is 42.0 Å². The van der Waals surface area contributed by atoms with Crippen molar-refractivity contribution in [3.8, 4) is 0 Å². The lowest BCUT2D eigenvalue weighted by Gasteiger charge is -2.24. The number of hydrogen-bond donors (Lipinski definition) is 1. The van der Waals surface area contributed by atoms with Gasteiger partial charge in [0, 0.05) is 24.8 Å². The lowest BCUT2D eigenvalue weighted by Crippen LogP contribution is -2.41. The summed E-state index contributed by atoms with van der Waals surface area (Å²) < 4.78 is 0. The number of fused-ring (bicyclic) bond motifs is 1. The number of anilines is 1. The van der Waals surface area contributed by atoms with Crippen LogP contribution in [0.3, 0.4) is 0 Å². The van der Waals surface area contributed by atoms with E-state index >= 15 is 0 Å². The molecule has 0 aliphatic carbocycles. The molecule has 0 unspecified atom stereocenters. The number of benzene rings is 2. The van der Waals surface area contributed by atoms with Crippen molar-refractivity contribution in [2.24, 2.45) is 0 Å². The van der Waals surface area contributed by atoms with Crippen molar-refractivity contribution in [1.29, 1.82) is 0 Å². The molecule has 1 N–H and O–H groups in total. The topological polar surface area (TPSA) is 105 Å². The Hall–Kier alpha value is -4.07. The number of carbonyl (C=O) groups excluding carboxylic acids is 2. The maximum Gasteiger partial charge on any atom is 0.311 e. The number of nitrogens with zero attached hydrogens (tertiary/aromatic N) is 3. The summed E-state index contributed by atoms with van der Waals surface area (Å²) in [7, 11) is 0. The molecule has 1 aromatic heterocycles. The summed E-state index contributed by atoms with van der Waals surface area (Å²) >= 11 is 0. The Balaban J connectivity index is 1.63. The van der Waals surface area contributed by atoms with Crippen LogP contribution in [0, 0.1) is 17.0 Å². The van der Waals surface area contributed by atoms with Gasteiger partial charge in [0.15, 0.2) is 0 Å². The predicted octanol–water partition coefficient (Wildman–Crippen LogP) is 3.62. The van der Waals surface area contributed by atoms with Gasteiger partial charge in [0.2, 0.25) is 5.82 Å². The zero-order valence-corrected chi connectivity index (χ0v) is 16.8. The lowest BCUT2D eigenvalue weighted by molar-refractivity contribution is -0.384. The third kappa shape index (κ3) is 4.13. The first-order chi connectivity index (χ1) is 14.9. The summed E-state index contributed by atoms with van der Waals surface area (Å²) in [6.45, 7) is 2.03. The third-order valence-corrected chi connectivity index (χ3v) is 5.21. The summed E-state index contributed by atoms with van der Waals surface area (Å²) in [4.78, 5) is 41.8. The predicted molar refractivity (Wildman–Crippen MR) is 115 cm³/mol. The van der Waals surface area contributed by atoms with E-state index in [1.165, 1.54) is 23.2 Å². The molecule has 8 heteroatoms. The second-order valence-electron chi connectivity index (χ2n) is 7.43. The maximum atomic E-state index is 12.8. The molecule has 2 aromatic carbocycles. The quantitative estimate of drug-likeness (QED) is 0.358. The minimum atomic E-state index is -0.514. The van der Waals surface area contributed by atoms with E-state index in [1.54, 1.807) is 24.3 Å². The van der Waals surface area contributed by atoms with E-state index in [4.69, 9.17) is 0 Å². The molecular formula is C23H20N4O4. The first-order valence-corrected chi connectivity index (χ1v) is 9.81. The van der Waals surface area contributed by atoms with Crippen LogP contribution < -0.4 is 5.32 Å². The molecule has 3 aromatic rings. The van der Waals surface area contributed by atoms with Crippen molar-refractivity contribution in [2.45, 2.75) is 19.4 Å². The normalized spacial score (nSPS) is 13.8. The van der Waals surface area contributed by atoms with Gasteiger partial charge in [0.25, 0.3) is 11.8 Å². The van der Waals surface area contributed by atoms with E-state index in [-0.39, 0.29) is 29.9 Å². The fourth-order valence-electron chi connectivity index (χ4n) is 3.64. The van der Waals surface area contributed by atoms with Gasteiger partial charge >= 0.3 is 5.69 Å². The SMILES string of the molecule is Cc1ccc(C[C@@H](CN2C(=O)c3ccccc3C2=O)Nc2ncccc2[N+](=O)[O-])cc1. The summed E-state index contributed by atoms with van der Waals surface area (Å²) in [6, 6.07) is 16.9. The maximum absolute atomic E-state index is 12.8. The molecule has 1 aliphatic heterocycles. The van der Waals surface area contributed by atoms with Crippen molar-refractivity contribution in [2.75, 3.05) is 11.9 Å². The van der Waals surface area contributed by atoms with Crippen LogP contribution in [0.2, 0.25) is 0 Å². The van der Waals surface area contributed by atoms with Gasteiger partial charge in [-0.25, -0.2) is 4.98 Å². The fraction of sp³-hybridized carbons (Fsp3) is 0.174. The Morgan fingerprint density at radius 3 is 2.26 bits per heavy atom. The van der Waals surface area contributed by atoms with Gasteiger partial charge in [-0.05, 0) is 37.1 Å². The number of amides is 2. The number of pyridine rings is 1. The van der Waals surface area contributed by atoms with Crippen molar-refractivity contribution in [3.05, 3.63) is 99.2 Å². The number of imide groups is 1. The van der Waals surface area contributed by atoms with Gasteiger partial charge in [-0.15, -0.1) is 0 Å². The number of nitrogens with one attached hydrogen (secondary N) is 1. The van der Waals surface area contributed by atoms with Crippen LogP contribution >= 0.6 is 0 Å². The second kappa shape index (κ2) is 8.35. The van der Waals surface area contributed by atoms with E-state index in [0.29, 0.717) is 17.5 Å². The Morgan fingerprint density at radius 2 is 1.65 bits per heavy atom. The molecule has 0 saturated carbocycles. The van der Waals surface area contributed by atoms with Gasteiger partial charge in [-0.2, -0.15) is 0 Å². The third-order valence-electron chi connectivity index (χ3n) is 5.21. The summed E-state index contributed by atoms with van der Waals surface area (Å²) in [5.74, 6) is -0.639. The van der Waals surface area contributed by atoms with Crippen molar-refractivity contribution < 1.29 is 14.5 Å².